The third-order valence-corrected chi connectivity index (χ3v) is 3.89. The molecule has 1 rings (SSSR count). The maximum absolute atomic E-state index is 11.9. The van der Waals surface area contributed by atoms with Crippen LogP contribution >= 0.6 is 0 Å². The van der Waals surface area contributed by atoms with Crippen molar-refractivity contribution in [3.8, 4) is 0 Å². The fourth-order valence-corrected chi connectivity index (χ4v) is 2.45. The molecule has 116 valence electrons. The van der Waals surface area contributed by atoms with E-state index in [2.05, 4.69) is 5.32 Å². The van der Waals surface area contributed by atoms with Crippen molar-refractivity contribution < 1.29 is 23.1 Å². The highest BCUT2D eigenvalue weighted by Crippen LogP contribution is 2.10. The molecule has 1 aromatic rings. The van der Waals surface area contributed by atoms with Gasteiger partial charge in [0.1, 0.15) is 0 Å². The van der Waals surface area contributed by atoms with E-state index in [0.29, 0.717) is 19.6 Å². The van der Waals surface area contributed by atoms with E-state index in [1.807, 2.05) is 0 Å². The van der Waals surface area contributed by atoms with Crippen LogP contribution in [0.1, 0.15) is 6.42 Å². The number of sulfone groups is 1. The van der Waals surface area contributed by atoms with E-state index in [1.165, 1.54) is 12.1 Å². The van der Waals surface area contributed by atoms with Gasteiger partial charge < -0.3 is 15.2 Å². The Labute approximate surface area is 124 Å². The number of aliphatic hydroxyl groups is 1. The number of ether oxygens (including phenoxy) is 1. The highest BCUT2D eigenvalue weighted by atomic mass is 32.2. The zero-order valence-electron chi connectivity index (χ0n) is 11.6. The van der Waals surface area contributed by atoms with E-state index < -0.39 is 15.7 Å². The van der Waals surface area contributed by atoms with Crippen LogP contribution in [0.5, 0.6) is 0 Å². The van der Waals surface area contributed by atoms with Crippen molar-refractivity contribution in [1.29, 1.82) is 0 Å². The van der Waals surface area contributed by atoms with Gasteiger partial charge in [-0.2, -0.15) is 0 Å². The van der Waals surface area contributed by atoms with Crippen molar-refractivity contribution in [3.05, 3.63) is 41.8 Å². The Kier molecular flexibility index (Phi) is 7.66. The van der Waals surface area contributed by atoms with E-state index in [9.17, 15) is 13.2 Å². The summed E-state index contributed by atoms with van der Waals surface area (Å²) in [5.74, 6) is -0.475. The van der Waals surface area contributed by atoms with Gasteiger partial charge in [0.05, 0.1) is 18.1 Å². The predicted molar refractivity (Wildman–Crippen MR) is 78.3 cm³/mol. The van der Waals surface area contributed by atoms with Gasteiger partial charge in [-0.15, -0.1) is 0 Å². The van der Waals surface area contributed by atoms with Gasteiger partial charge in [0.25, 0.3) is 0 Å². The lowest BCUT2D eigenvalue weighted by Gasteiger charge is -2.03. The lowest BCUT2D eigenvalue weighted by atomic mass is 10.4. The van der Waals surface area contributed by atoms with E-state index in [4.69, 9.17) is 9.84 Å². The molecule has 0 fully saturated rings. The Morgan fingerprint density at radius 1 is 1.24 bits per heavy atom. The zero-order valence-corrected chi connectivity index (χ0v) is 12.4. The Morgan fingerprint density at radius 3 is 2.62 bits per heavy atom. The first-order chi connectivity index (χ1) is 10.1. The van der Waals surface area contributed by atoms with Crippen molar-refractivity contribution in [3.63, 3.8) is 0 Å². The van der Waals surface area contributed by atoms with Crippen molar-refractivity contribution in [2.75, 3.05) is 26.4 Å². The fourth-order valence-electron chi connectivity index (χ4n) is 1.45. The summed E-state index contributed by atoms with van der Waals surface area (Å²) in [5.41, 5.74) is 0. The maximum Gasteiger partial charge on any atom is 0.244 e. The molecule has 1 amide bonds. The van der Waals surface area contributed by atoms with E-state index >= 15 is 0 Å². The lowest BCUT2D eigenvalue weighted by Crippen LogP contribution is -2.23. The normalized spacial score (nSPS) is 11.7. The number of aliphatic hydroxyl groups excluding tert-OH is 1. The Bertz CT molecular complexity index is 554. The van der Waals surface area contributed by atoms with Crippen LogP contribution in [0.3, 0.4) is 0 Å². The number of hydrogen-bond donors (Lipinski definition) is 2. The molecule has 0 atom stereocenters. The lowest BCUT2D eigenvalue weighted by molar-refractivity contribution is -0.116. The summed E-state index contributed by atoms with van der Waals surface area (Å²) >= 11 is 0. The van der Waals surface area contributed by atoms with Crippen LogP contribution in [0.2, 0.25) is 0 Å². The average Bonchev–Trinajstić information content (AvgIpc) is 2.50. The van der Waals surface area contributed by atoms with E-state index in [0.717, 1.165) is 11.5 Å². The second-order valence-corrected chi connectivity index (χ2v) is 5.97. The fraction of sp³-hybridized carbons (Fsp3) is 0.357. The van der Waals surface area contributed by atoms with Crippen LogP contribution in [-0.4, -0.2) is 45.8 Å². The number of carbonyl (C=O) groups excluding carboxylic acids is 1. The monoisotopic (exact) mass is 313 g/mol. The van der Waals surface area contributed by atoms with Gasteiger partial charge in [-0.1, -0.05) is 18.2 Å². The minimum atomic E-state index is -3.59. The first-order valence-corrected chi connectivity index (χ1v) is 8.05. The van der Waals surface area contributed by atoms with Crippen molar-refractivity contribution in [2.45, 2.75) is 11.3 Å². The number of hydrogen-bond acceptors (Lipinski definition) is 5. The largest absolute Gasteiger partial charge is 0.394 e. The molecule has 0 radical (unpaired) electrons. The van der Waals surface area contributed by atoms with Crippen LogP contribution in [0.4, 0.5) is 0 Å². The quantitative estimate of drug-likeness (QED) is 0.511. The van der Waals surface area contributed by atoms with Crippen LogP contribution in [-0.2, 0) is 19.4 Å². The van der Waals surface area contributed by atoms with Crippen LogP contribution in [0.15, 0.2) is 46.7 Å². The summed E-state index contributed by atoms with van der Waals surface area (Å²) in [6.45, 7) is 1.03. The Hall–Kier alpha value is -1.70. The van der Waals surface area contributed by atoms with Gasteiger partial charge in [0, 0.05) is 24.6 Å². The molecular formula is C14H19NO5S. The van der Waals surface area contributed by atoms with Gasteiger partial charge >= 0.3 is 0 Å². The third-order valence-electron chi connectivity index (χ3n) is 2.47. The highest BCUT2D eigenvalue weighted by Gasteiger charge is 2.09. The third kappa shape index (κ3) is 7.03. The average molecular weight is 313 g/mol. The molecule has 21 heavy (non-hydrogen) atoms. The molecule has 0 saturated heterocycles. The summed E-state index contributed by atoms with van der Waals surface area (Å²) in [5, 5.41) is 11.9. The molecule has 6 nitrogen and oxygen atoms in total. The first kappa shape index (κ1) is 17.4. The molecule has 0 aliphatic heterocycles. The molecular weight excluding hydrogens is 294 g/mol. The van der Waals surface area contributed by atoms with Gasteiger partial charge in [0.2, 0.25) is 5.91 Å². The number of rotatable bonds is 9. The van der Waals surface area contributed by atoms with Gasteiger partial charge in [-0.25, -0.2) is 8.42 Å². The standard InChI is InChI=1S/C14H19NO5S/c16-9-11-20-10-4-8-15-14(17)7-12-21(18,19)13-5-2-1-3-6-13/h1-3,5-7,12,16H,4,8-11H2,(H,15,17)/b12-7+. The summed E-state index contributed by atoms with van der Waals surface area (Å²) in [4.78, 5) is 11.6. The highest BCUT2D eigenvalue weighted by molar-refractivity contribution is 7.94. The van der Waals surface area contributed by atoms with Crippen LogP contribution < -0.4 is 5.32 Å². The number of nitrogens with one attached hydrogen (secondary N) is 1. The molecule has 0 aliphatic rings. The van der Waals surface area contributed by atoms with Crippen LogP contribution in [0, 0.1) is 0 Å². The van der Waals surface area contributed by atoms with Crippen molar-refractivity contribution >= 4 is 15.7 Å². The Morgan fingerprint density at radius 2 is 1.95 bits per heavy atom. The second kappa shape index (κ2) is 9.28. The molecule has 7 heteroatoms. The minimum absolute atomic E-state index is 0.0353. The molecule has 0 heterocycles. The number of carbonyl (C=O) groups is 1. The second-order valence-electron chi connectivity index (χ2n) is 4.14. The number of benzene rings is 1. The molecule has 0 aromatic heterocycles. The van der Waals surface area contributed by atoms with Gasteiger partial charge in [-0.05, 0) is 18.6 Å². The summed E-state index contributed by atoms with van der Waals surface area (Å²) in [6.07, 6.45) is 1.59. The molecule has 2 N–H and O–H groups in total. The van der Waals surface area contributed by atoms with Gasteiger partial charge in [-0.3, -0.25) is 4.79 Å². The maximum atomic E-state index is 11.9. The smallest absolute Gasteiger partial charge is 0.244 e. The zero-order chi connectivity index (χ0) is 15.6. The van der Waals surface area contributed by atoms with E-state index in [-0.39, 0.29) is 18.1 Å². The van der Waals surface area contributed by atoms with Crippen molar-refractivity contribution in [2.24, 2.45) is 0 Å². The van der Waals surface area contributed by atoms with Gasteiger partial charge in [0.15, 0.2) is 9.84 Å². The predicted octanol–water partition coefficient (Wildman–Crippen LogP) is 0.489. The van der Waals surface area contributed by atoms with E-state index in [1.54, 1.807) is 18.2 Å². The SMILES string of the molecule is O=C(/C=C/S(=O)(=O)c1ccccc1)NCCCOCCO. The summed E-state index contributed by atoms with van der Waals surface area (Å²) in [6, 6.07) is 7.89. The summed E-state index contributed by atoms with van der Waals surface area (Å²) in [7, 11) is -3.59. The number of amides is 1. The molecule has 1 aromatic carbocycles. The topological polar surface area (TPSA) is 92.7 Å². The minimum Gasteiger partial charge on any atom is -0.394 e. The van der Waals surface area contributed by atoms with Crippen LogP contribution in [0.25, 0.3) is 0 Å². The molecule has 0 saturated carbocycles. The molecule has 0 aliphatic carbocycles. The molecule has 0 unspecified atom stereocenters. The molecule has 0 spiro atoms. The van der Waals surface area contributed by atoms with Crippen molar-refractivity contribution in [1.82, 2.24) is 5.32 Å². The first-order valence-electron chi connectivity index (χ1n) is 6.51. The Balaban J connectivity index is 2.37. The summed E-state index contributed by atoms with van der Waals surface area (Å²) < 4.78 is 28.8. The molecule has 0 bridgehead atoms.